The lowest BCUT2D eigenvalue weighted by atomic mass is 9.93. The second-order valence-corrected chi connectivity index (χ2v) is 11.9. The zero-order valence-corrected chi connectivity index (χ0v) is 20.9. The maximum atomic E-state index is 13.5. The fraction of sp³-hybridized carbons (Fsp3) is 0.600. The van der Waals surface area contributed by atoms with Crippen molar-refractivity contribution in [2.75, 3.05) is 30.0 Å². The SMILES string of the molecule is Cc1nn(C2CCS(=O)(=O)C2)c(C)c1CN(C)CC(=O)N(c1ccccc1)C1CCCCC1. The highest BCUT2D eigenvalue weighted by Crippen LogP contribution is 2.29. The number of aromatic nitrogens is 2. The second-order valence-electron chi connectivity index (χ2n) is 9.71. The molecule has 33 heavy (non-hydrogen) atoms. The van der Waals surface area contributed by atoms with Gasteiger partial charge in [0.25, 0.3) is 0 Å². The standard InChI is InChI=1S/C25H36N4O3S/c1-19-24(20(2)29(26-19)23-14-15-33(31,32)18-23)16-27(3)17-25(30)28(21-10-6-4-7-11-21)22-12-8-5-9-13-22/h4,6-7,10-11,22-23H,5,8-9,12-18H2,1-3H3. The third-order valence-corrected chi connectivity index (χ3v) is 8.86. The fourth-order valence-electron chi connectivity index (χ4n) is 5.37. The summed E-state index contributed by atoms with van der Waals surface area (Å²) in [6.45, 7) is 4.91. The van der Waals surface area contributed by atoms with Crippen LogP contribution in [0.15, 0.2) is 30.3 Å². The van der Waals surface area contributed by atoms with Gasteiger partial charge in [-0.15, -0.1) is 0 Å². The molecule has 2 aromatic rings. The van der Waals surface area contributed by atoms with Crippen molar-refractivity contribution in [3.8, 4) is 0 Å². The summed E-state index contributed by atoms with van der Waals surface area (Å²) in [4.78, 5) is 17.6. The fourth-order valence-corrected chi connectivity index (χ4v) is 7.06. The molecule has 0 spiro atoms. The van der Waals surface area contributed by atoms with E-state index < -0.39 is 9.84 Å². The van der Waals surface area contributed by atoms with Crippen molar-refractivity contribution in [2.45, 2.75) is 71.0 Å². The largest absolute Gasteiger partial charge is 0.308 e. The molecule has 7 nitrogen and oxygen atoms in total. The van der Waals surface area contributed by atoms with Gasteiger partial charge in [-0.25, -0.2) is 8.42 Å². The monoisotopic (exact) mass is 472 g/mol. The highest BCUT2D eigenvalue weighted by molar-refractivity contribution is 7.91. The van der Waals surface area contributed by atoms with Gasteiger partial charge in [0.15, 0.2) is 9.84 Å². The van der Waals surface area contributed by atoms with Crippen LogP contribution in [-0.4, -0.2) is 60.1 Å². The molecule has 0 radical (unpaired) electrons. The van der Waals surface area contributed by atoms with Crippen molar-refractivity contribution >= 4 is 21.4 Å². The Labute approximate surface area is 197 Å². The molecule has 1 unspecified atom stereocenters. The Morgan fingerprint density at radius 1 is 1.09 bits per heavy atom. The Hall–Kier alpha value is -2.19. The molecule has 4 rings (SSSR count). The highest BCUT2D eigenvalue weighted by Gasteiger charge is 2.32. The van der Waals surface area contributed by atoms with Crippen LogP contribution in [0.25, 0.3) is 0 Å². The summed E-state index contributed by atoms with van der Waals surface area (Å²) in [5.74, 6) is 0.520. The second kappa shape index (κ2) is 9.97. The lowest BCUT2D eigenvalue weighted by molar-refractivity contribution is -0.120. The molecule has 2 fully saturated rings. The number of likely N-dealkylation sites (N-methyl/N-ethyl adjacent to an activating group) is 1. The quantitative estimate of drug-likeness (QED) is 0.615. The number of sulfone groups is 1. The van der Waals surface area contributed by atoms with E-state index in [2.05, 4.69) is 5.10 Å². The van der Waals surface area contributed by atoms with Crippen LogP contribution >= 0.6 is 0 Å². The minimum Gasteiger partial charge on any atom is -0.308 e. The molecule has 1 aliphatic carbocycles. The van der Waals surface area contributed by atoms with E-state index in [-0.39, 0.29) is 29.5 Å². The van der Waals surface area contributed by atoms with Gasteiger partial charge in [0.05, 0.1) is 29.8 Å². The van der Waals surface area contributed by atoms with Gasteiger partial charge >= 0.3 is 0 Å². The van der Waals surface area contributed by atoms with Gasteiger partial charge in [0.1, 0.15) is 0 Å². The van der Waals surface area contributed by atoms with Crippen LogP contribution in [0.1, 0.15) is 61.5 Å². The molecule has 1 atom stereocenters. The Bertz CT molecular complexity index is 1070. The summed E-state index contributed by atoms with van der Waals surface area (Å²) in [5.41, 5.74) is 3.97. The third-order valence-electron chi connectivity index (χ3n) is 7.11. The van der Waals surface area contributed by atoms with Crippen molar-refractivity contribution < 1.29 is 13.2 Å². The number of carbonyl (C=O) groups is 1. The Morgan fingerprint density at radius 2 is 1.79 bits per heavy atom. The van der Waals surface area contributed by atoms with Crippen LogP contribution in [0.4, 0.5) is 5.69 Å². The Balaban J connectivity index is 1.47. The van der Waals surface area contributed by atoms with E-state index in [4.69, 9.17) is 0 Å². The van der Waals surface area contributed by atoms with E-state index in [0.717, 1.165) is 35.5 Å². The molecule has 1 aromatic heterocycles. The Kier molecular flexibility index (Phi) is 7.24. The van der Waals surface area contributed by atoms with Gasteiger partial charge in [-0.3, -0.25) is 14.4 Å². The van der Waals surface area contributed by atoms with E-state index >= 15 is 0 Å². The molecular weight excluding hydrogens is 436 g/mol. The van der Waals surface area contributed by atoms with Crippen LogP contribution in [0, 0.1) is 13.8 Å². The lowest BCUT2D eigenvalue weighted by Crippen LogP contribution is -2.46. The first kappa shape index (κ1) is 24.0. The van der Waals surface area contributed by atoms with Gasteiger partial charge in [-0.1, -0.05) is 37.5 Å². The predicted octanol–water partition coefficient (Wildman–Crippen LogP) is 3.66. The normalized spacial score (nSPS) is 20.9. The van der Waals surface area contributed by atoms with Crippen LogP contribution in [-0.2, 0) is 21.2 Å². The average molecular weight is 473 g/mol. The molecule has 1 aromatic carbocycles. The van der Waals surface area contributed by atoms with Crippen LogP contribution in [0.5, 0.6) is 0 Å². The van der Waals surface area contributed by atoms with Gasteiger partial charge in [-0.2, -0.15) is 5.10 Å². The minimum absolute atomic E-state index is 0.0886. The van der Waals surface area contributed by atoms with E-state index in [1.54, 1.807) is 0 Å². The first-order valence-electron chi connectivity index (χ1n) is 12.1. The molecule has 1 saturated heterocycles. The number of carbonyl (C=O) groups excluding carboxylic acids is 1. The number of nitrogens with zero attached hydrogens (tertiary/aromatic N) is 4. The summed E-state index contributed by atoms with van der Waals surface area (Å²) in [6, 6.07) is 10.2. The molecular formula is C25H36N4O3S. The molecule has 1 saturated carbocycles. The predicted molar refractivity (Wildman–Crippen MR) is 131 cm³/mol. The molecule has 2 aliphatic rings. The van der Waals surface area contributed by atoms with Crippen LogP contribution in [0.3, 0.4) is 0 Å². The molecule has 8 heteroatoms. The zero-order chi connectivity index (χ0) is 23.6. The lowest BCUT2D eigenvalue weighted by Gasteiger charge is -2.35. The summed E-state index contributed by atoms with van der Waals surface area (Å²) in [7, 11) is -1.00. The van der Waals surface area contributed by atoms with E-state index in [1.165, 1.54) is 19.3 Å². The van der Waals surface area contributed by atoms with E-state index in [9.17, 15) is 13.2 Å². The molecule has 1 amide bonds. The van der Waals surface area contributed by atoms with Gasteiger partial charge in [0, 0.05) is 29.5 Å². The summed E-state index contributed by atoms with van der Waals surface area (Å²) in [5, 5.41) is 4.68. The number of rotatable bonds is 7. The highest BCUT2D eigenvalue weighted by atomic mass is 32.2. The molecule has 1 aliphatic heterocycles. The summed E-state index contributed by atoms with van der Waals surface area (Å²) < 4.78 is 25.8. The van der Waals surface area contributed by atoms with Gasteiger partial charge < -0.3 is 4.90 Å². The number of hydrogen-bond acceptors (Lipinski definition) is 5. The average Bonchev–Trinajstić information content (AvgIpc) is 3.28. The molecule has 0 bridgehead atoms. The maximum absolute atomic E-state index is 13.5. The summed E-state index contributed by atoms with van der Waals surface area (Å²) in [6.07, 6.45) is 6.32. The van der Waals surface area contributed by atoms with Crippen molar-refractivity contribution in [2.24, 2.45) is 0 Å². The molecule has 0 N–H and O–H groups in total. The van der Waals surface area contributed by atoms with Crippen molar-refractivity contribution in [1.82, 2.24) is 14.7 Å². The van der Waals surface area contributed by atoms with Crippen molar-refractivity contribution in [3.63, 3.8) is 0 Å². The smallest absolute Gasteiger partial charge is 0.241 e. The number of benzene rings is 1. The zero-order valence-electron chi connectivity index (χ0n) is 20.0. The number of hydrogen-bond donors (Lipinski definition) is 0. The first-order chi connectivity index (χ1) is 15.7. The number of amides is 1. The number of aryl methyl sites for hydroxylation is 1. The summed E-state index contributed by atoms with van der Waals surface area (Å²) >= 11 is 0. The molecule has 180 valence electrons. The Morgan fingerprint density at radius 3 is 2.42 bits per heavy atom. The maximum Gasteiger partial charge on any atom is 0.241 e. The molecule has 2 heterocycles. The van der Waals surface area contributed by atoms with Crippen LogP contribution in [0.2, 0.25) is 0 Å². The number of anilines is 1. The third kappa shape index (κ3) is 5.49. The van der Waals surface area contributed by atoms with Crippen molar-refractivity contribution in [3.05, 3.63) is 47.3 Å². The van der Waals surface area contributed by atoms with Gasteiger partial charge in [-0.05, 0) is 52.3 Å². The minimum atomic E-state index is -2.97. The topological polar surface area (TPSA) is 75.5 Å². The number of para-hydroxylation sites is 1. The van der Waals surface area contributed by atoms with Crippen LogP contribution < -0.4 is 4.90 Å². The van der Waals surface area contributed by atoms with Gasteiger partial charge in [0.2, 0.25) is 5.91 Å². The first-order valence-corrected chi connectivity index (χ1v) is 13.9. The van der Waals surface area contributed by atoms with E-state index in [0.29, 0.717) is 19.5 Å². The van der Waals surface area contributed by atoms with Crippen molar-refractivity contribution in [1.29, 1.82) is 0 Å². The van der Waals surface area contributed by atoms with E-state index in [1.807, 2.05) is 65.7 Å².